The highest BCUT2D eigenvalue weighted by Gasteiger charge is 2.35. The molecular formula is C28H41NO3. The quantitative estimate of drug-likeness (QED) is 0.433. The first-order valence-electron chi connectivity index (χ1n) is 12.3. The third-order valence-electron chi connectivity index (χ3n) is 7.01. The summed E-state index contributed by atoms with van der Waals surface area (Å²) >= 11 is 0. The number of likely N-dealkylation sites (tertiary alicyclic amines) is 1. The summed E-state index contributed by atoms with van der Waals surface area (Å²) in [6.07, 6.45) is 6.33. The largest absolute Gasteiger partial charge is 0.496 e. The summed E-state index contributed by atoms with van der Waals surface area (Å²) in [6.45, 7) is 9.00. The Morgan fingerprint density at radius 3 is 2.41 bits per heavy atom. The molecule has 1 fully saturated rings. The van der Waals surface area contributed by atoms with E-state index in [2.05, 4.69) is 55.1 Å². The van der Waals surface area contributed by atoms with Crippen molar-refractivity contribution >= 4 is 0 Å². The molecule has 0 radical (unpaired) electrons. The summed E-state index contributed by atoms with van der Waals surface area (Å²) in [5.41, 5.74) is 2.07. The van der Waals surface area contributed by atoms with Crippen molar-refractivity contribution in [2.75, 3.05) is 40.0 Å². The molecule has 4 nitrogen and oxygen atoms in total. The zero-order valence-electron chi connectivity index (χ0n) is 20.2. The van der Waals surface area contributed by atoms with Gasteiger partial charge in [0.05, 0.1) is 13.7 Å². The smallest absolute Gasteiger partial charge is 0.122 e. The van der Waals surface area contributed by atoms with Crippen LogP contribution in [0.4, 0.5) is 0 Å². The molecule has 0 aliphatic carbocycles. The van der Waals surface area contributed by atoms with Gasteiger partial charge in [-0.25, -0.2) is 0 Å². The lowest BCUT2D eigenvalue weighted by Crippen LogP contribution is -2.34. The van der Waals surface area contributed by atoms with Gasteiger partial charge in [-0.15, -0.1) is 0 Å². The third-order valence-corrected chi connectivity index (χ3v) is 7.01. The lowest BCUT2D eigenvalue weighted by atomic mass is 9.69. The molecule has 176 valence electrons. The molecule has 32 heavy (non-hydrogen) atoms. The fraction of sp³-hybridized carbons (Fsp3) is 0.571. The molecule has 1 heterocycles. The van der Waals surface area contributed by atoms with Crippen molar-refractivity contribution in [3.63, 3.8) is 0 Å². The van der Waals surface area contributed by atoms with Crippen LogP contribution in [0.25, 0.3) is 0 Å². The standard InChI is InChI=1S/C28H41NO3/c1-4-16-28(17-21-30,26-8-5-6-9-27(26)31-3)24-10-12-25(13-11-24)32-22-7-18-29-19-14-23(2)15-20-29/h5-6,8-13,23,30H,4,7,14-22H2,1-3H3. The van der Waals surface area contributed by atoms with Gasteiger partial charge in [-0.2, -0.15) is 0 Å². The highest BCUT2D eigenvalue weighted by molar-refractivity contribution is 5.48. The van der Waals surface area contributed by atoms with Crippen LogP contribution in [0, 0.1) is 5.92 Å². The van der Waals surface area contributed by atoms with Crippen LogP contribution in [-0.2, 0) is 5.41 Å². The fourth-order valence-electron chi connectivity index (χ4n) is 5.13. The van der Waals surface area contributed by atoms with Crippen LogP contribution in [0.3, 0.4) is 0 Å². The molecule has 4 heteroatoms. The van der Waals surface area contributed by atoms with Crippen LogP contribution in [-0.4, -0.2) is 50.0 Å². The monoisotopic (exact) mass is 439 g/mol. The van der Waals surface area contributed by atoms with E-state index in [1.165, 1.54) is 31.5 Å². The normalized spacial score (nSPS) is 17.1. The van der Waals surface area contributed by atoms with E-state index in [1.54, 1.807) is 7.11 Å². The first-order chi connectivity index (χ1) is 15.6. The topological polar surface area (TPSA) is 41.9 Å². The molecule has 1 atom stereocenters. The van der Waals surface area contributed by atoms with Gasteiger partial charge in [-0.3, -0.25) is 0 Å². The third kappa shape index (κ3) is 6.05. The summed E-state index contributed by atoms with van der Waals surface area (Å²) in [7, 11) is 1.72. The Kier molecular flexibility index (Phi) is 9.43. The van der Waals surface area contributed by atoms with Crippen LogP contribution >= 0.6 is 0 Å². The molecule has 0 aromatic heterocycles. The van der Waals surface area contributed by atoms with Crippen molar-refractivity contribution in [3.05, 3.63) is 59.7 Å². The van der Waals surface area contributed by atoms with Crippen molar-refractivity contribution in [3.8, 4) is 11.5 Å². The number of methoxy groups -OCH3 is 1. The molecule has 2 aromatic carbocycles. The van der Waals surface area contributed by atoms with E-state index in [0.717, 1.165) is 55.4 Å². The number of aliphatic hydroxyl groups excluding tert-OH is 1. The van der Waals surface area contributed by atoms with E-state index >= 15 is 0 Å². The number of rotatable bonds is 12. The van der Waals surface area contributed by atoms with Crippen LogP contribution in [0.5, 0.6) is 11.5 Å². The number of hydrogen-bond acceptors (Lipinski definition) is 4. The first kappa shape index (κ1) is 24.6. The van der Waals surface area contributed by atoms with Crippen LogP contribution < -0.4 is 9.47 Å². The van der Waals surface area contributed by atoms with Crippen molar-refractivity contribution in [2.45, 2.75) is 57.8 Å². The van der Waals surface area contributed by atoms with E-state index in [1.807, 2.05) is 12.1 Å². The molecule has 0 saturated carbocycles. The van der Waals surface area contributed by atoms with Gasteiger partial charge in [0.2, 0.25) is 0 Å². The van der Waals surface area contributed by atoms with E-state index in [4.69, 9.17) is 9.47 Å². The minimum Gasteiger partial charge on any atom is -0.496 e. The number of hydrogen-bond donors (Lipinski definition) is 1. The second kappa shape index (κ2) is 12.3. The molecule has 1 N–H and O–H groups in total. The van der Waals surface area contributed by atoms with Crippen molar-refractivity contribution in [2.24, 2.45) is 5.92 Å². The number of para-hydroxylation sites is 1. The second-order valence-corrected chi connectivity index (χ2v) is 9.26. The summed E-state index contributed by atoms with van der Waals surface area (Å²) in [4.78, 5) is 2.56. The maximum Gasteiger partial charge on any atom is 0.122 e. The van der Waals surface area contributed by atoms with Crippen molar-refractivity contribution in [1.29, 1.82) is 0 Å². The van der Waals surface area contributed by atoms with Gasteiger partial charge >= 0.3 is 0 Å². The Morgan fingerprint density at radius 2 is 1.75 bits per heavy atom. The first-order valence-corrected chi connectivity index (χ1v) is 12.3. The number of nitrogens with zero attached hydrogens (tertiary/aromatic N) is 1. The SMILES string of the molecule is CCCC(CCO)(c1ccc(OCCCN2CCC(C)CC2)cc1)c1ccccc1OC. The van der Waals surface area contributed by atoms with Gasteiger partial charge in [-0.1, -0.05) is 50.6 Å². The van der Waals surface area contributed by atoms with Gasteiger partial charge in [0, 0.05) is 24.1 Å². The zero-order chi connectivity index (χ0) is 22.8. The number of ether oxygens (including phenoxy) is 2. The fourth-order valence-corrected chi connectivity index (χ4v) is 5.13. The molecule has 0 amide bonds. The Labute approximate surface area is 194 Å². The van der Waals surface area contributed by atoms with Gasteiger partial charge in [0.25, 0.3) is 0 Å². The van der Waals surface area contributed by atoms with E-state index in [9.17, 15) is 5.11 Å². The molecular weight excluding hydrogens is 398 g/mol. The molecule has 1 unspecified atom stereocenters. The Balaban J connectivity index is 1.68. The molecule has 0 bridgehead atoms. The summed E-state index contributed by atoms with van der Waals surface area (Å²) in [5, 5.41) is 9.97. The van der Waals surface area contributed by atoms with Gasteiger partial charge in [0.15, 0.2) is 0 Å². The number of aliphatic hydroxyl groups is 1. The highest BCUT2D eigenvalue weighted by atomic mass is 16.5. The molecule has 1 saturated heterocycles. The van der Waals surface area contributed by atoms with Gasteiger partial charge in [-0.05, 0) is 74.9 Å². The Bertz CT molecular complexity index is 791. The van der Waals surface area contributed by atoms with Gasteiger partial charge in [0.1, 0.15) is 11.5 Å². The lowest BCUT2D eigenvalue weighted by molar-refractivity contribution is 0.177. The molecule has 1 aliphatic heterocycles. The summed E-state index contributed by atoms with van der Waals surface area (Å²) < 4.78 is 11.8. The van der Waals surface area contributed by atoms with E-state index < -0.39 is 0 Å². The predicted octanol–water partition coefficient (Wildman–Crippen LogP) is 5.66. The number of piperidine rings is 1. The second-order valence-electron chi connectivity index (χ2n) is 9.26. The van der Waals surface area contributed by atoms with E-state index in [0.29, 0.717) is 6.42 Å². The molecule has 3 rings (SSSR count). The molecule has 2 aromatic rings. The van der Waals surface area contributed by atoms with Crippen LogP contribution in [0.15, 0.2) is 48.5 Å². The summed E-state index contributed by atoms with van der Waals surface area (Å²) in [5.74, 6) is 2.67. The maximum atomic E-state index is 9.97. The molecule has 0 spiro atoms. The van der Waals surface area contributed by atoms with Crippen LogP contribution in [0.2, 0.25) is 0 Å². The summed E-state index contributed by atoms with van der Waals surface area (Å²) in [6, 6.07) is 16.7. The van der Waals surface area contributed by atoms with Crippen molar-refractivity contribution < 1.29 is 14.6 Å². The minimum absolute atomic E-state index is 0.131. The zero-order valence-corrected chi connectivity index (χ0v) is 20.2. The average Bonchev–Trinajstić information content (AvgIpc) is 2.83. The number of benzene rings is 2. The Morgan fingerprint density at radius 1 is 1.03 bits per heavy atom. The lowest BCUT2D eigenvalue weighted by Gasteiger charge is -2.36. The highest BCUT2D eigenvalue weighted by Crippen LogP contribution is 2.44. The predicted molar refractivity (Wildman–Crippen MR) is 132 cm³/mol. The molecule has 1 aliphatic rings. The average molecular weight is 440 g/mol. The Hall–Kier alpha value is -2.04. The van der Waals surface area contributed by atoms with E-state index in [-0.39, 0.29) is 12.0 Å². The van der Waals surface area contributed by atoms with Crippen LogP contribution in [0.1, 0.15) is 63.5 Å². The van der Waals surface area contributed by atoms with Gasteiger partial charge < -0.3 is 19.5 Å². The minimum atomic E-state index is -0.278. The van der Waals surface area contributed by atoms with Crippen molar-refractivity contribution in [1.82, 2.24) is 4.90 Å². The maximum absolute atomic E-state index is 9.97.